The molecule has 0 radical (unpaired) electrons. The Morgan fingerprint density at radius 3 is 2.38 bits per heavy atom. The van der Waals surface area contributed by atoms with Crippen molar-refractivity contribution >= 4 is 11.9 Å². The summed E-state index contributed by atoms with van der Waals surface area (Å²) in [5, 5.41) is 11.5. The molecule has 5 nitrogen and oxygen atoms in total. The molecule has 1 amide bonds. The normalized spacial score (nSPS) is 12.6. The maximum absolute atomic E-state index is 11.7. The Balaban J connectivity index is 2.60. The van der Waals surface area contributed by atoms with Crippen LogP contribution in [-0.2, 0) is 16.0 Å². The zero-order valence-electron chi connectivity index (χ0n) is 12.8. The van der Waals surface area contributed by atoms with E-state index in [4.69, 9.17) is 9.84 Å². The average molecular weight is 293 g/mol. The number of aliphatic hydroxyl groups excluding tert-OH is 1. The summed E-state index contributed by atoms with van der Waals surface area (Å²) in [6.45, 7) is 4.65. The lowest BCUT2D eigenvalue weighted by Gasteiger charge is -2.22. The van der Waals surface area contributed by atoms with Gasteiger partial charge >= 0.3 is 6.09 Å². The van der Waals surface area contributed by atoms with E-state index in [0.29, 0.717) is 12.8 Å². The molecule has 0 aromatic heterocycles. The van der Waals surface area contributed by atoms with E-state index in [1.165, 1.54) is 0 Å². The minimum absolute atomic E-state index is 0.419. The van der Waals surface area contributed by atoms with Crippen LogP contribution in [0.5, 0.6) is 0 Å². The highest BCUT2D eigenvalue weighted by molar-refractivity contribution is 5.88. The van der Waals surface area contributed by atoms with E-state index in [-0.39, 0.29) is 0 Å². The number of ether oxygens (including phenoxy) is 1. The second kappa shape index (κ2) is 7.78. The summed E-state index contributed by atoms with van der Waals surface area (Å²) in [6, 6.07) is 8.91. The number of alkyl carbamates (subject to hydrolysis) is 1. The molecule has 1 aromatic rings. The maximum Gasteiger partial charge on any atom is 0.408 e. The number of aryl methyl sites for hydroxylation is 1. The molecular formula is C16H23NO4. The molecular weight excluding hydrogens is 270 g/mol. The first kappa shape index (κ1) is 17.2. The van der Waals surface area contributed by atoms with Gasteiger partial charge in [-0.1, -0.05) is 30.3 Å². The van der Waals surface area contributed by atoms with Crippen LogP contribution in [0.4, 0.5) is 4.79 Å². The van der Waals surface area contributed by atoms with Crippen molar-refractivity contribution in [1.82, 2.24) is 5.32 Å². The van der Waals surface area contributed by atoms with Gasteiger partial charge in [0.15, 0.2) is 5.78 Å². The number of aliphatic hydroxyl groups is 1. The second-order valence-corrected chi connectivity index (χ2v) is 5.85. The number of ketones is 1. The van der Waals surface area contributed by atoms with Gasteiger partial charge in [-0.05, 0) is 39.2 Å². The summed E-state index contributed by atoms with van der Waals surface area (Å²) in [4.78, 5) is 23.4. The van der Waals surface area contributed by atoms with Crippen LogP contribution >= 0.6 is 0 Å². The molecule has 0 bridgehead atoms. The van der Waals surface area contributed by atoms with Gasteiger partial charge < -0.3 is 15.2 Å². The predicted molar refractivity (Wildman–Crippen MR) is 80.0 cm³/mol. The minimum atomic E-state index is -0.745. The van der Waals surface area contributed by atoms with Gasteiger partial charge in [-0.15, -0.1) is 0 Å². The van der Waals surface area contributed by atoms with Crippen LogP contribution in [0.1, 0.15) is 32.8 Å². The fourth-order valence-corrected chi connectivity index (χ4v) is 1.83. The molecule has 21 heavy (non-hydrogen) atoms. The lowest BCUT2D eigenvalue weighted by molar-refractivity contribution is -0.124. The van der Waals surface area contributed by atoms with Crippen molar-refractivity contribution < 1.29 is 19.4 Å². The lowest BCUT2D eigenvalue weighted by Crippen LogP contribution is -2.44. The largest absolute Gasteiger partial charge is 0.444 e. The Morgan fingerprint density at radius 1 is 1.24 bits per heavy atom. The monoisotopic (exact) mass is 293 g/mol. The fourth-order valence-electron chi connectivity index (χ4n) is 1.83. The van der Waals surface area contributed by atoms with Gasteiger partial charge in [0.05, 0.1) is 6.04 Å². The summed E-state index contributed by atoms with van der Waals surface area (Å²) in [7, 11) is 0. The van der Waals surface area contributed by atoms with Crippen LogP contribution in [0.15, 0.2) is 30.3 Å². The molecule has 0 heterocycles. The highest BCUT2D eigenvalue weighted by Gasteiger charge is 2.23. The van der Waals surface area contributed by atoms with E-state index in [1.807, 2.05) is 30.3 Å². The van der Waals surface area contributed by atoms with Crippen LogP contribution < -0.4 is 5.32 Å². The highest BCUT2D eigenvalue weighted by atomic mass is 16.6. The number of amides is 1. The van der Waals surface area contributed by atoms with Crippen molar-refractivity contribution in [3.63, 3.8) is 0 Å². The Morgan fingerprint density at radius 2 is 1.86 bits per heavy atom. The van der Waals surface area contributed by atoms with E-state index in [2.05, 4.69) is 5.32 Å². The van der Waals surface area contributed by atoms with E-state index in [0.717, 1.165) is 5.56 Å². The van der Waals surface area contributed by atoms with Crippen LogP contribution in [-0.4, -0.2) is 35.2 Å². The van der Waals surface area contributed by atoms with Crippen molar-refractivity contribution in [3.8, 4) is 0 Å². The first-order chi connectivity index (χ1) is 9.81. The molecule has 1 atom stereocenters. The standard InChI is InChI=1S/C16H23NO4/c1-16(2,3)21-15(20)17-13(14(19)11-18)10-9-12-7-5-4-6-8-12/h4-8,13,18H,9-11H2,1-3H3,(H,17,20)/t13-/m0/s1. The Bertz CT molecular complexity index is 465. The highest BCUT2D eigenvalue weighted by Crippen LogP contribution is 2.09. The van der Waals surface area contributed by atoms with Gasteiger partial charge in [-0.3, -0.25) is 4.79 Å². The second-order valence-electron chi connectivity index (χ2n) is 5.85. The molecule has 0 spiro atoms. The van der Waals surface area contributed by atoms with Crippen molar-refractivity contribution in [1.29, 1.82) is 0 Å². The van der Waals surface area contributed by atoms with Gasteiger partial charge in [0.1, 0.15) is 12.2 Å². The first-order valence-electron chi connectivity index (χ1n) is 6.99. The van der Waals surface area contributed by atoms with Gasteiger partial charge in [-0.25, -0.2) is 4.79 Å². The Hall–Kier alpha value is -1.88. The van der Waals surface area contributed by atoms with Crippen LogP contribution in [0.3, 0.4) is 0 Å². The maximum atomic E-state index is 11.7. The number of nitrogens with one attached hydrogen (secondary N) is 1. The molecule has 0 saturated heterocycles. The molecule has 116 valence electrons. The smallest absolute Gasteiger partial charge is 0.408 e. The molecule has 0 aliphatic heterocycles. The Kier molecular flexibility index (Phi) is 6.37. The molecule has 0 fully saturated rings. The van der Waals surface area contributed by atoms with Crippen molar-refractivity contribution in [2.45, 2.75) is 45.3 Å². The number of carbonyl (C=O) groups is 2. The van der Waals surface area contributed by atoms with Crippen LogP contribution in [0.25, 0.3) is 0 Å². The van der Waals surface area contributed by atoms with E-state index in [1.54, 1.807) is 20.8 Å². The number of hydrogen-bond donors (Lipinski definition) is 2. The summed E-state index contributed by atoms with van der Waals surface area (Å²) < 4.78 is 5.13. The van der Waals surface area contributed by atoms with E-state index >= 15 is 0 Å². The molecule has 2 N–H and O–H groups in total. The summed E-state index contributed by atoms with van der Waals surface area (Å²) >= 11 is 0. The van der Waals surface area contributed by atoms with Gasteiger partial charge in [-0.2, -0.15) is 0 Å². The zero-order valence-corrected chi connectivity index (χ0v) is 12.8. The lowest BCUT2D eigenvalue weighted by atomic mass is 10.0. The summed E-state index contributed by atoms with van der Waals surface area (Å²) in [5.41, 5.74) is 0.440. The Labute approximate surface area is 125 Å². The summed E-state index contributed by atoms with van der Waals surface area (Å²) in [6.07, 6.45) is 0.401. The van der Waals surface area contributed by atoms with Crippen molar-refractivity contribution in [2.75, 3.05) is 6.61 Å². The quantitative estimate of drug-likeness (QED) is 0.842. The minimum Gasteiger partial charge on any atom is -0.444 e. The third kappa shape index (κ3) is 6.90. The van der Waals surface area contributed by atoms with Gasteiger partial charge in [0, 0.05) is 0 Å². The third-order valence-electron chi connectivity index (χ3n) is 2.80. The summed E-state index contributed by atoms with van der Waals surface area (Å²) in [5.74, 6) is -0.420. The topological polar surface area (TPSA) is 75.6 Å². The van der Waals surface area contributed by atoms with E-state index < -0.39 is 30.1 Å². The fraction of sp³-hybridized carbons (Fsp3) is 0.500. The van der Waals surface area contributed by atoms with Gasteiger partial charge in [0.2, 0.25) is 0 Å². The average Bonchev–Trinajstić information content (AvgIpc) is 2.41. The molecule has 1 rings (SSSR count). The number of rotatable bonds is 6. The predicted octanol–water partition coefficient (Wildman–Crippen LogP) is 2.07. The zero-order chi connectivity index (χ0) is 15.9. The number of carbonyl (C=O) groups excluding carboxylic acids is 2. The van der Waals surface area contributed by atoms with Crippen LogP contribution in [0, 0.1) is 0 Å². The van der Waals surface area contributed by atoms with Crippen molar-refractivity contribution in [3.05, 3.63) is 35.9 Å². The molecule has 1 aromatic carbocycles. The SMILES string of the molecule is CC(C)(C)OC(=O)N[C@@H](CCc1ccccc1)C(=O)CO. The number of Topliss-reactive ketones (excluding diaryl/α,β-unsaturated/α-hetero) is 1. The number of benzene rings is 1. The first-order valence-corrected chi connectivity index (χ1v) is 6.99. The molecule has 0 unspecified atom stereocenters. The van der Waals surface area contributed by atoms with Crippen molar-refractivity contribution in [2.24, 2.45) is 0 Å². The molecule has 5 heteroatoms. The van der Waals surface area contributed by atoms with Gasteiger partial charge in [0.25, 0.3) is 0 Å². The molecule has 0 aliphatic rings. The van der Waals surface area contributed by atoms with E-state index in [9.17, 15) is 9.59 Å². The third-order valence-corrected chi connectivity index (χ3v) is 2.80. The molecule has 0 aliphatic carbocycles. The molecule has 0 saturated carbocycles. The number of hydrogen-bond acceptors (Lipinski definition) is 4. The van der Waals surface area contributed by atoms with Crippen LogP contribution in [0.2, 0.25) is 0 Å².